The minimum atomic E-state index is -3.00. The van der Waals surface area contributed by atoms with Crippen molar-refractivity contribution in [3.8, 4) is 0 Å². The molecule has 6 N–H and O–H groups in total. The first-order chi connectivity index (χ1) is 20.8. The van der Waals surface area contributed by atoms with E-state index in [9.17, 15) is 45.0 Å². The van der Waals surface area contributed by atoms with E-state index in [4.69, 9.17) is 19.4 Å². The van der Waals surface area contributed by atoms with E-state index in [1.165, 1.54) is 27.7 Å². The second-order valence-corrected chi connectivity index (χ2v) is 17.3. The summed E-state index contributed by atoms with van der Waals surface area (Å²) in [6.07, 6.45) is -3.44. The van der Waals surface area contributed by atoms with E-state index in [0.29, 0.717) is 0 Å². The number of quaternary nitrogens is 2. The number of hydroxylamine groups is 8. The molecule has 2 aliphatic heterocycles. The van der Waals surface area contributed by atoms with E-state index in [-0.39, 0.29) is 68.5 Å². The molecule has 15 nitrogen and oxygen atoms in total. The molecule has 2 aliphatic rings. The van der Waals surface area contributed by atoms with Crippen LogP contribution in [0.2, 0.25) is 0 Å². The van der Waals surface area contributed by atoms with Crippen molar-refractivity contribution in [3.63, 3.8) is 0 Å². The van der Waals surface area contributed by atoms with Crippen molar-refractivity contribution in [1.29, 1.82) is 0 Å². The summed E-state index contributed by atoms with van der Waals surface area (Å²) in [4.78, 5) is 62.0. The van der Waals surface area contributed by atoms with E-state index in [2.05, 4.69) is 0 Å². The number of carbonyl (C=O) groups is 3. The SMILES string of the molecule is CC(C)(O)CO[N+]1(OC(=O)CC(O)(CC(=O)O[N+]2(OCC(C)(C)O)C(C)(C)CC(O)CC2(C)C)C(=O)O)C(C)(C)CC(O)CC1(C)C.[NaH]. The van der Waals surface area contributed by atoms with E-state index >= 15 is 0 Å². The Kier molecular flexibility index (Phi) is 13.7. The van der Waals surface area contributed by atoms with Crippen molar-refractivity contribution in [2.75, 3.05) is 13.2 Å². The normalized spacial score (nSPS) is 30.7. The van der Waals surface area contributed by atoms with Gasteiger partial charge in [-0.2, -0.15) is 9.68 Å². The number of piperidine rings is 2. The molecular formula is C32H61N2NaO13+2. The van der Waals surface area contributed by atoms with Gasteiger partial charge in [-0.1, -0.05) is 0 Å². The Labute approximate surface area is 306 Å². The van der Waals surface area contributed by atoms with Crippen LogP contribution in [0.4, 0.5) is 0 Å². The van der Waals surface area contributed by atoms with Crippen molar-refractivity contribution >= 4 is 47.5 Å². The van der Waals surface area contributed by atoms with Crippen LogP contribution in [0.3, 0.4) is 0 Å². The molecule has 2 fully saturated rings. The van der Waals surface area contributed by atoms with E-state index in [1.807, 2.05) is 0 Å². The Balaban J connectivity index is 0.0000115. The standard InChI is InChI=1S/C32H59N2O13.Na.H/c1-26(2)13-21(35)14-27(3,4)33(26,44-19-30(9,10)41)46-23(37)17-32(43,25(39)40)18-24(38)47-34(45-20-31(11,12)42)28(5,6)15-22(36)16-29(34,7)8;;/h21-22,35-36,41-43H,13-20H2,1-12H3;;/q+1;;/p+1. The molecular weight excluding hydrogens is 643 g/mol. The molecule has 0 amide bonds. The fraction of sp³-hybridized carbons (Fsp3) is 0.906. The van der Waals surface area contributed by atoms with Gasteiger partial charge in [0.15, 0.2) is 27.8 Å². The van der Waals surface area contributed by atoms with Crippen LogP contribution >= 0.6 is 0 Å². The fourth-order valence-electron chi connectivity index (χ4n) is 7.36. The van der Waals surface area contributed by atoms with E-state index < -0.39 is 91.5 Å². The number of rotatable bonds is 13. The van der Waals surface area contributed by atoms with Gasteiger partial charge in [0.2, 0.25) is 0 Å². The number of nitrogens with zero attached hydrogens (tertiary/aromatic N) is 2. The zero-order valence-electron chi connectivity index (χ0n) is 30.2. The summed E-state index contributed by atoms with van der Waals surface area (Å²) < 4.78 is 0. The predicted octanol–water partition coefficient (Wildman–Crippen LogP) is 1.31. The van der Waals surface area contributed by atoms with Gasteiger partial charge >= 0.3 is 47.5 Å². The van der Waals surface area contributed by atoms with Gasteiger partial charge in [0.25, 0.3) is 0 Å². The summed E-state index contributed by atoms with van der Waals surface area (Å²) in [5.41, 5.74) is -10.1. The molecule has 2 saturated heterocycles. The van der Waals surface area contributed by atoms with Crippen molar-refractivity contribution in [3.05, 3.63) is 0 Å². The maximum absolute atomic E-state index is 13.6. The molecule has 2 heterocycles. The van der Waals surface area contributed by atoms with Crippen molar-refractivity contribution < 1.29 is 74.0 Å². The van der Waals surface area contributed by atoms with Crippen molar-refractivity contribution in [2.24, 2.45) is 0 Å². The Hall–Kier alpha value is -0.950. The Morgan fingerprint density at radius 1 is 0.625 bits per heavy atom. The molecule has 0 unspecified atom stereocenters. The average Bonchev–Trinajstić information content (AvgIpc) is 2.79. The Bertz CT molecular complexity index is 1060. The number of aliphatic carboxylic acids is 1. The molecule has 0 bridgehead atoms. The van der Waals surface area contributed by atoms with Gasteiger partial charge in [-0.25, -0.2) is 24.1 Å². The molecule has 0 aromatic rings. The number of hydrogen-bond acceptors (Lipinski definition) is 12. The van der Waals surface area contributed by atoms with E-state index in [0.717, 1.165) is 0 Å². The summed E-state index contributed by atoms with van der Waals surface area (Å²) in [6, 6.07) is 0. The fourth-order valence-corrected chi connectivity index (χ4v) is 7.36. The number of carboxylic acids is 1. The molecule has 48 heavy (non-hydrogen) atoms. The number of hydrogen-bond donors (Lipinski definition) is 6. The van der Waals surface area contributed by atoms with Gasteiger partial charge in [-0.3, -0.25) is 0 Å². The third-order valence-electron chi connectivity index (χ3n) is 9.06. The molecule has 0 saturated carbocycles. The van der Waals surface area contributed by atoms with Gasteiger partial charge < -0.3 is 30.6 Å². The Morgan fingerprint density at radius 2 is 0.875 bits per heavy atom. The zero-order valence-corrected chi connectivity index (χ0v) is 30.2. The monoisotopic (exact) mass is 704 g/mol. The van der Waals surface area contributed by atoms with Gasteiger partial charge in [0.1, 0.15) is 13.2 Å². The van der Waals surface area contributed by atoms with Crippen molar-refractivity contribution in [2.45, 2.75) is 173 Å². The summed E-state index contributed by atoms with van der Waals surface area (Å²) in [5.74, 6) is -4.33. The number of carboxylic acid groups (broad SMARTS) is 1. The first-order valence-electron chi connectivity index (χ1n) is 16.1. The first kappa shape index (κ1) is 45.1. The van der Waals surface area contributed by atoms with Crippen LogP contribution in [0.1, 0.15) is 122 Å². The molecule has 0 aromatic heterocycles. The van der Waals surface area contributed by atoms with Crippen LogP contribution in [0.15, 0.2) is 0 Å². The first-order valence-corrected chi connectivity index (χ1v) is 16.1. The van der Waals surface area contributed by atoms with Gasteiger partial charge in [0.05, 0.1) is 36.3 Å². The summed E-state index contributed by atoms with van der Waals surface area (Å²) in [6.45, 7) is 18.8. The maximum atomic E-state index is 13.6. The molecule has 276 valence electrons. The van der Waals surface area contributed by atoms with E-state index in [1.54, 1.807) is 55.4 Å². The third-order valence-corrected chi connectivity index (χ3v) is 9.06. The van der Waals surface area contributed by atoms with Crippen LogP contribution in [-0.2, 0) is 33.7 Å². The number of carbonyl (C=O) groups excluding carboxylic acids is 2. The second-order valence-electron chi connectivity index (χ2n) is 17.3. The van der Waals surface area contributed by atoms with Crippen LogP contribution in [-0.4, -0.2) is 152 Å². The van der Waals surface area contributed by atoms with Crippen molar-refractivity contribution in [1.82, 2.24) is 0 Å². The average molecular weight is 705 g/mol. The molecule has 0 aliphatic carbocycles. The molecule has 0 aromatic carbocycles. The second kappa shape index (κ2) is 14.6. The quantitative estimate of drug-likeness (QED) is 0.118. The molecule has 0 radical (unpaired) electrons. The number of aliphatic hydroxyl groups excluding tert-OH is 2. The molecule has 0 atom stereocenters. The minimum absolute atomic E-state index is 0. The van der Waals surface area contributed by atoms with Crippen LogP contribution in [0.5, 0.6) is 0 Å². The zero-order chi connectivity index (χ0) is 36.9. The van der Waals surface area contributed by atoms with Crippen LogP contribution < -0.4 is 0 Å². The Morgan fingerprint density at radius 3 is 1.08 bits per heavy atom. The van der Waals surface area contributed by atoms with Crippen LogP contribution in [0.25, 0.3) is 0 Å². The topological polar surface area (TPSA) is 210 Å². The molecule has 0 spiro atoms. The summed E-state index contributed by atoms with van der Waals surface area (Å²) in [7, 11) is 0. The van der Waals surface area contributed by atoms with Gasteiger partial charge in [0, 0.05) is 35.3 Å². The number of aliphatic hydroxyl groups is 5. The van der Waals surface area contributed by atoms with Gasteiger partial charge in [-0.15, -0.1) is 0 Å². The predicted molar refractivity (Wildman–Crippen MR) is 173 cm³/mol. The molecule has 2 rings (SSSR count). The molecule has 16 heteroatoms. The van der Waals surface area contributed by atoms with Gasteiger partial charge in [-0.05, 0) is 83.1 Å². The summed E-state index contributed by atoms with van der Waals surface area (Å²) in [5, 5.41) is 63.5. The summed E-state index contributed by atoms with van der Waals surface area (Å²) >= 11 is 0. The van der Waals surface area contributed by atoms with Crippen LogP contribution in [0, 0.1) is 0 Å². The third kappa shape index (κ3) is 9.68.